The molecular formula is C10H11NO2. The average molecular weight is 177 g/mol. The zero-order chi connectivity index (χ0) is 9.26. The Bertz CT molecular complexity index is 310. The SMILES string of the molecule is COC(=O)C1CN1c1ccccc1. The lowest BCUT2D eigenvalue weighted by Crippen LogP contribution is -2.13. The van der Waals surface area contributed by atoms with Gasteiger partial charge in [0.1, 0.15) is 6.04 Å². The lowest BCUT2D eigenvalue weighted by molar-refractivity contribution is -0.139. The van der Waals surface area contributed by atoms with E-state index in [0.717, 1.165) is 12.2 Å². The van der Waals surface area contributed by atoms with Crippen molar-refractivity contribution in [2.24, 2.45) is 0 Å². The summed E-state index contributed by atoms with van der Waals surface area (Å²) < 4.78 is 4.65. The predicted octanol–water partition coefficient (Wildman–Crippen LogP) is 1.05. The van der Waals surface area contributed by atoms with E-state index < -0.39 is 0 Å². The van der Waals surface area contributed by atoms with Crippen LogP contribution in [0.2, 0.25) is 0 Å². The Morgan fingerprint density at radius 3 is 2.77 bits per heavy atom. The molecular weight excluding hydrogens is 166 g/mol. The molecule has 13 heavy (non-hydrogen) atoms. The summed E-state index contributed by atoms with van der Waals surface area (Å²) in [7, 11) is 1.42. The van der Waals surface area contributed by atoms with Crippen molar-refractivity contribution in [2.75, 3.05) is 18.6 Å². The molecule has 0 amide bonds. The number of carbonyl (C=O) groups excluding carboxylic acids is 1. The lowest BCUT2D eigenvalue weighted by atomic mass is 10.3. The van der Waals surface area contributed by atoms with Crippen LogP contribution >= 0.6 is 0 Å². The van der Waals surface area contributed by atoms with Gasteiger partial charge in [-0.1, -0.05) is 18.2 Å². The van der Waals surface area contributed by atoms with Crippen molar-refractivity contribution in [2.45, 2.75) is 6.04 Å². The van der Waals surface area contributed by atoms with Crippen LogP contribution in [0.3, 0.4) is 0 Å². The molecule has 0 aliphatic carbocycles. The van der Waals surface area contributed by atoms with Crippen molar-refractivity contribution >= 4 is 11.7 Å². The second-order valence-electron chi connectivity index (χ2n) is 3.03. The van der Waals surface area contributed by atoms with Gasteiger partial charge in [-0.25, -0.2) is 4.79 Å². The van der Waals surface area contributed by atoms with Crippen LogP contribution in [0.4, 0.5) is 5.69 Å². The maximum Gasteiger partial charge on any atom is 0.330 e. The monoisotopic (exact) mass is 177 g/mol. The van der Waals surface area contributed by atoms with Crippen LogP contribution in [-0.4, -0.2) is 25.7 Å². The second-order valence-corrected chi connectivity index (χ2v) is 3.03. The summed E-state index contributed by atoms with van der Waals surface area (Å²) in [6, 6.07) is 9.79. The predicted molar refractivity (Wildman–Crippen MR) is 49.6 cm³/mol. The lowest BCUT2D eigenvalue weighted by Gasteiger charge is -2.03. The van der Waals surface area contributed by atoms with E-state index >= 15 is 0 Å². The van der Waals surface area contributed by atoms with E-state index in [2.05, 4.69) is 4.74 Å². The number of hydrogen-bond acceptors (Lipinski definition) is 3. The Labute approximate surface area is 76.9 Å². The second kappa shape index (κ2) is 3.09. The van der Waals surface area contributed by atoms with Gasteiger partial charge in [-0.15, -0.1) is 0 Å². The number of esters is 1. The molecule has 0 bridgehead atoms. The number of hydrogen-bond donors (Lipinski definition) is 0. The van der Waals surface area contributed by atoms with Gasteiger partial charge in [-0.2, -0.15) is 0 Å². The number of nitrogens with zero attached hydrogens (tertiary/aromatic N) is 1. The minimum atomic E-state index is -0.149. The first-order chi connectivity index (χ1) is 6.33. The standard InChI is InChI=1S/C10H11NO2/c1-13-10(12)9-7-11(9)8-5-3-2-4-6-8/h2-6,9H,7H2,1H3. The fourth-order valence-electron chi connectivity index (χ4n) is 1.38. The summed E-state index contributed by atoms with van der Waals surface area (Å²) >= 11 is 0. The van der Waals surface area contributed by atoms with Crippen LogP contribution in [0, 0.1) is 0 Å². The van der Waals surface area contributed by atoms with Gasteiger partial charge >= 0.3 is 5.97 Å². The molecule has 1 unspecified atom stereocenters. The Hall–Kier alpha value is -1.51. The van der Waals surface area contributed by atoms with Crippen LogP contribution in [0.1, 0.15) is 0 Å². The van der Waals surface area contributed by atoms with Crippen LogP contribution in [0.25, 0.3) is 0 Å². The highest BCUT2D eigenvalue weighted by Gasteiger charge is 2.41. The highest BCUT2D eigenvalue weighted by molar-refractivity contribution is 5.86. The number of methoxy groups -OCH3 is 1. The first kappa shape index (κ1) is 8.10. The molecule has 0 saturated carbocycles. The minimum Gasteiger partial charge on any atom is -0.467 e. The third-order valence-electron chi connectivity index (χ3n) is 2.17. The fourth-order valence-corrected chi connectivity index (χ4v) is 1.38. The van der Waals surface area contributed by atoms with Crippen LogP contribution in [-0.2, 0) is 9.53 Å². The number of rotatable bonds is 2. The van der Waals surface area contributed by atoms with E-state index in [4.69, 9.17) is 0 Å². The van der Waals surface area contributed by atoms with E-state index in [0.29, 0.717) is 0 Å². The fraction of sp³-hybridized carbons (Fsp3) is 0.300. The molecule has 0 radical (unpaired) electrons. The first-order valence-corrected chi connectivity index (χ1v) is 4.22. The smallest absolute Gasteiger partial charge is 0.330 e. The van der Waals surface area contributed by atoms with E-state index in [1.807, 2.05) is 35.2 Å². The Balaban J connectivity index is 2.04. The van der Waals surface area contributed by atoms with E-state index in [1.54, 1.807) is 0 Å². The van der Waals surface area contributed by atoms with Gasteiger partial charge in [0, 0.05) is 5.69 Å². The van der Waals surface area contributed by atoms with E-state index in [1.165, 1.54) is 7.11 Å². The van der Waals surface area contributed by atoms with Gasteiger partial charge in [-0.3, -0.25) is 0 Å². The number of benzene rings is 1. The number of ether oxygens (including phenoxy) is 1. The van der Waals surface area contributed by atoms with Gasteiger partial charge in [0.05, 0.1) is 13.7 Å². The number of anilines is 1. The maximum atomic E-state index is 11.1. The molecule has 1 aliphatic heterocycles. The van der Waals surface area contributed by atoms with Crippen LogP contribution in [0.5, 0.6) is 0 Å². The maximum absolute atomic E-state index is 11.1. The molecule has 0 aromatic heterocycles. The molecule has 1 heterocycles. The van der Waals surface area contributed by atoms with Crippen molar-refractivity contribution < 1.29 is 9.53 Å². The zero-order valence-electron chi connectivity index (χ0n) is 7.43. The quantitative estimate of drug-likeness (QED) is 0.499. The number of para-hydroxylation sites is 1. The highest BCUT2D eigenvalue weighted by atomic mass is 16.5. The van der Waals surface area contributed by atoms with Gasteiger partial charge in [0.2, 0.25) is 0 Å². The van der Waals surface area contributed by atoms with Crippen molar-refractivity contribution in [3.05, 3.63) is 30.3 Å². The third-order valence-corrected chi connectivity index (χ3v) is 2.17. The van der Waals surface area contributed by atoms with Gasteiger partial charge in [0.15, 0.2) is 0 Å². The van der Waals surface area contributed by atoms with Crippen LogP contribution in [0.15, 0.2) is 30.3 Å². The molecule has 1 fully saturated rings. The summed E-state index contributed by atoms with van der Waals surface area (Å²) in [5.41, 5.74) is 1.08. The van der Waals surface area contributed by atoms with Gasteiger partial charge in [-0.05, 0) is 12.1 Å². The molecule has 1 aliphatic rings. The van der Waals surface area contributed by atoms with E-state index in [9.17, 15) is 4.79 Å². The molecule has 1 aromatic rings. The summed E-state index contributed by atoms with van der Waals surface area (Å²) in [6.07, 6.45) is 0. The third kappa shape index (κ3) is 1.49. The Morgan fingerprint density at radius 2 is 2.15 bits per heavy atom. The molecule has 3 heteroatoms. The summed E-state index contributed by atoms with van der Waals surface area (Å²) in [5.74, 6) is -0.149. The topological polar surface area (TPSA) is 29.3 Å². The van der Waals surface area contributed by atoms with Crippen molar-refractivity contribution in [1.29, 1.82) is 0 Å². The van der Waals surface area contributed by atoms with Gasteiger partial charge in [0.25, 0.3) is 0 Å². The molecule has 1 atom stereocenters. The van der Waals surface area contributed by atoms with Crippen molar-refractivity contribution in [3.8, 4) is 0 Å². The molecule has 2 rings (SSSR count). The number of carbonyl (C=O) groups is 1. The molecule has 0 spiro atoms. The van der Waals surface area contributed by atoms with Crippen molar-refractivity contribution in [3.63, 3.8) is 0 Å². The first-order valence-electron chi connectivity index (χ1n) is 4.22. The largest absolute Gasteiger partial charge is 0.467 e. The molecule has 1 saturated heterocycles. The highest BCUT2D eigenvalue weighted by Crippen LogP contribution is 2.27. The molecule has 68 valence electrons. The molecule has 3 nitrogen and oxygen atoms in total. The molecule has 1 aromatic carbocycles. The Kier molecular flexibility index (Phi) is 1.93. The Morgan fingerprint density at radius 1 is 1.46 bits per heavy atom. The zero-order valence-corrected chi connectivity index (χ0v) is 7.43. The molecule has 0 N–H and O–H groups in total. The van der Waals surface area contributed by atoms with Gasteiger partial charge < -0.3 is 9.64 Å². The average Bonchev–Trinajstić information content (AvgIpc) is 2.98. The normalized spacial score (nSPS) is 19.8. The summed E-state index contributed by atoms with van der Waals surface area (Å²) in [4.78, 5) is 13.1. The van der Waals surface area contributed by atoms with Crippen LogP contribution < -0.4 is 4.90 Å². The summed E-state index contributed by atoms with van der Waals surface area (Å²) in [5, 5.41) is 0. The summed E-state index contributed by atoms with van der Waals surface area (Å²) in [6.45, 7) is 0.774. The van der Waals surface area contributed by atoms with Crippen molar-refractivity contribution in [1.82, 2.24) is 0 Å². The van der Waals surface area contributed by atoms with E-state index in [-0.39, 0.29) is 12.0 Å². The minimum absolute atomic E-state index is 0.0626.